The van der Waals surface area contributed by atoms with E-state index >= 15 is 0 Å². The number of pyridine rings is 1. The Bertz CT molecular complexity index is 813. The van der Waals surface area contributed by atoms with E-state index in [1.54, 1.807) is 18.2 Å². The number of hydrogen-bond acceptors (Lipinski definition) is 4. The minimum Gasteiger partial charge on any atom is -0.434 e. The van der Waals surface area contributed by atoms with Gasteiger partial charge in [0.15, 0.2) is 5.96 Å². The lowest BCUT2D eigenvalue weighted by Crippen LogP contribution is -2.39. The number of guanidine groups is 1. The van der Waals surface area contributed by atoms with Crippen LogP contribution in [0.2, 0.25) is 0 Å². The number of hydrogen-bond donors (Lipinski definition) is 3. The van der Waals surface area contributed by atoms with E-state index in [2.05, 4.69) is 30.7 Å². The first-order chi connectivity index (χ1) is 13.8. The van der Waals surface area contributed by atoms with E-state index in [0.29, 0.717) is 11.5 Å². The maximum Gasteiger partial charge on any atom is 0.419 e. The molecule has 1 aromatic carbocycles. The number of para-hydroxylation sites is 1. The van der Waals surface area contributed by atoms with Crippen LogP contribution in [0.25, 0.3) is 0 Å². The van der Waals surface area contributed by atoms with Gasteiger partial charge in [-0.15, -0.1) is 0 Å². The fraction of sp³-hybridized carbons (Fsp3) is 0.333. The molecular formula is C18H20F5N5O. The van der Waals surface area contributed by atoms with Gasteiger partial charge in [0.1, 0.15) is 11.6 Å². The third-order valence-electron chi connectivity index (χ3n) is 3.68. The van der Waals surface area contributed by atoms with Crippen LogP contribution < -0.4 is 20.7 Å². The molecule has 0 unspecified atom stereocenters. The predicted octanol–water partition coefficient (Wildman–Crippen LogP) is 3.48. The van der Waals surface area contributed by atoms with Crippen molar-refractivity contribution in [2.24, 2.45) is 4.99 Å². The molecule has 2 aromatic rings. The molecule has 11 heteroatoms. The zero-order valence-electron chi connectivity index (χ0n) is 15.4. The summed E-state index contributed by atoms with van der Waals surface area (Å²) < 4.78 is 68.2. The molecule has 0 spiro atoms. The zero-order chi connectivity index (χ0) is 21.3. The van der Waals surface area contributed by atoms with E-state index in [-0.39, 0.29) is 31.2 Å². The molecule has 0 aliphatic rings. The largest absolute Gasteiger partial charge is 0.434 e. The summed E-state index contributed by atoms with van der Waals surface area (Å²) in [7, 11) is 1.50. The van der Waals surface area contributed by atoms with Crippen LogP contribution in [-0.4, -0.2) is 37.7 Å². The molecule has 3 N–H and O–H groups in total. The summed E-state index contributed by atoms with van der Waals surface area (Å²) in [6.07, 6.45) is -3.24. The molecule has 0 fully saturated rings. The number of halogens is 5. The van der Waals surface area contributed by atoms with Crippen molar-refractivity contribution in [2.75, 3.05) is 25.5 Å². The number of alkyl halides is 5. The van der Waals surface area contributed by atoms with Crippen molar-refractivity contribution >= 4 is 11.8 Å². The number of nitrogens with zero attached hydrogens (tertiary/aromatic N) is 2. The molecule has 0 aliphatic carbocycles. The van der Waals surface area contributed by atoms with Crippen molar-refractivity contribution in [1.82, 2.24) is 15.6 Å². The molecule has 1 heterocycles. The van der Waals surface area contributed by atoms with Crippen molar-refractivity contribution < 1.29 is 26.7 Å². The van der Waals surface area contributed by atoms with Crippen molar-refractivity contribution in [3.8, 4) is 5.75 Å². The first-order valence-electron chi connectivity index (χ1n) is 8.54. The molecule has 0 aliphatic heterocycles. The summed E-state index contributed by atoms with van der Waals surface area (Å²) in [5.41, 5.74) is -0.352. The number of anilines is 1. The summed E-state index contributed by atoms with van der Waals surface area (Å²) in [4.78, 5) is 7.69. The molecule has 1 aromatic heterocycles. The minimum absolute atomic E-state index is 0.0435. The second-order valence-corrected chi connectivity index (χ2v) is 5.66. The Balaban J connectivity index is 1.84. The Kier molecular flexibility index (Phi) is 7.98. The van der Waals surface area contributed by atoms with Gasteiger partial charge in [0, 0.05) is 38.4 Å². The van der Waals surface area contributed by atoms with E-state index < -0.39 is 18.4 Å². The maximum atomic E-state index is 12.9. The quantitative estimate of drug-likeness (QED) is 0.266. The van der Waals surface area contributed by atoms with E-state index in [1.165, 1.54) is 25.4 Å². The van der Waals surface area contributed by atoms with Crippen molar-refractivity contribution in [1.29, 1.82) is 0 Å². The minimum atomic E-state index is -4.50. The first kappa shape index (κ1) is 22.2. The van der Waals surface area contributed by atoms with Gasteiger partial charge in [-0.1, -0.05) is 18.2 Å². The highest BCUT2D eigenvalue weighted by Gasteiger charge is 2.33. The number of ether oxygens (including phenoxy) is 1. The molecule has 0 saturated carbocycles. The average Bonchev–Trinajstić information content (AvgIpc) is 2.67. The van der Waals surface area contributed by atoms with E-state index in [9.17, 15) is 22.0 Å². The summed E-state index contributed by atoms with van der Waals surface area (Å²) in [6, 6.07) is 8.47. The fourth-order valence-corrected chi connectivity index (χ4v) is 2.40. The highest BCUT2D eigenvalue weighted by molar-refractivity contribution is 5.79. The number of rotatable bonds is 8. The Labute approximate surface area is 164 Å². The molecule has 0 saturated heterocycles. The van der Waals surface area contributed by atoms with Crippen LogP contribution in [0.5, 0.6) is 5.75 Å². The molecule has 0 atom stereocenters. The lowest BCUT2D eigenvalue weighted by atomic mass is 10.2. The second kappa shape index (κ2) is 10.4. The van der Waals surface area contributed by atoms with Gasteiger partial charge in [-0.3, -0.25) is 4.99 Å². The summed E-state index contributed by atoms with van der Waals surface area (Å²) in [5, 5.41) is 8.46. The molecule has 0 radical (unpaired) electrons. The van der Waals surface area contributed by atoms with Gasteiger partial charge < -0.3 is 20.7 Å². The van der Waals surface area contributed by atoms with Crippen LogP contribution in [0.1, 0.15) is 11.1 Å². The van der Waals surface area contributed by atoms with Gasteiger partial charge in [0.05, 0.1) is 5.56 Å². The summed E-state index contributed by atoms with van der Waals surface area (Å²) in [6.45, 7) is -2.39. The lowest BCUT2D eigenvalue weighted by molar-refractivity contribution is -0.137. The van der Waals surface area contributed by atoms with E-state index in [4.69, 9.17) is 0 Å². The Morgan fingerprint density at radius 2 is 1.86 bits per heavy atom. The average molecular weight is 417 g/mol. The summed E-state index contributed by atoms with van der Waals surface area (Å²) >= 11 is 0. The van der Waals surface area contributed by atoms with Crippen LogP contribution in [-0.2, 0) is 12.7 Å². The van der Waals surface area contributed by atoms with Crippen molar-refractivity contribution in [3.05, 3.63) is 53.7 Å². The monoisotopic (exact) mass is 417 g/mol. The van der Waals surface area contributed by atoms with Gasteiger partial charge in [-0.05, 0) is 18.2 Å². The standard InChI is InChI=1S/C18H20F5N5O/c1-24-17(28-11-12-5-2-3-7-14(12)29-16(19)20)27-10-9-26-15-13(18(21,22)23)6-4-8-25-15/h2-8,16H,9-11H2,1H3,(H,25,26)(H2,24,27,28). The Hall–Kier alpha value is -3.11. The molecule has 0 amide bonds. The second-order valence-electron chi connectivity index (χ2n) is 5.66. The molecule has 29 heavy (non-hydrogen) atoms. The third-order valence-corrected chi connectivity index (χ3v) is 3.68. The van der Waals surface area contributed by atoms with Gasteiger partial charge >= 0.3 is 12.8 Å². The zero-order valence-corrected chi connectivity index (χ0v) is 15.4. The van der Waals surface area contributed by atoms with E-state index in [1.807, 2.05) is 0 Å². The van der Waals surface area contributed by atoms with Crippen molar-refractivity contribution in [3.63, 3.8) is 0 Å². The molecule has 2 rings (SSSR count). The predicted molar refractivity (Wildman–Crippen MR) is 99.0 cm³/mol. The van der Waals surface area contributed by atoms with Crippen LogP contribution in [0.3, 0.4) is 0 Å². The number of aliphatic imine (C=N–C) groups is 1. The van der Waals surface area contributed by atoms with E-state index in [0.717, 1.165) is 6.07 Å². The Morgan fingerprint density at radius 3 is 2.55 bits per heavy atom. The first-order valence-corrected chi connectivity index (χ1v) is 8.54. The van der Waals surface area contributed by atoms with Crippen LogP contribution in [0.4, 0.5) is 27.8 Å². The smallest absolute Gasteiger partial charge is 0.419 e. The van der Waals surface area contributed by atoms with Gasteiger partial charge in [-0.25, -0.2) is 4.98 Å². The van der Waals surface area contributed by atoms with Gasteiger partial charge in [0.25, 0.3) is 0 Å². The number of aromatic nitrogens is 1. The lowest BCUT2D eigenvalue weighted by Gasteiger charge is -2.16. The normalized spacial score (nSPS) is 12.0. The SMILES string of the molecule is CN=C(NCCNc1ncccc1C(F)(F)F)NCc1ccccc1OC(F)F. The highest BCUT2D eigenvalue weighted by Crippen LogP contribution is 2.33. The number of benzene rings is 1. The van der Waals surface area contributed by atoms with Gasteiger partial charge in [-0.2, -0.15) is 22.0 Å². The van der Waals surface area contributed by atoms with Crippen molar-refractivity contribution in [2.45, 2.75) is 19.3 Å². The molecule has 158 valence electrons. The molecular weight excluding hydrogens is 397 g/mol. The third kappa shape index (κ3) is 7.09. The van der Waals surface area contributed by atoms with Crippen LogP contribution in [0, 0.1) is 0 Å². The topological polar surface area (TPSA) is 70.6 Å². The van der Waals surface area contributed by atoms with Crippen LogP contribution >= 0.6 is 0 Å². The highest BCUT2D eigenvalue weighted by atomic mass is 19.4. The molecule has 0 bridgehead atoms. The van der Waals surface area contributed by atoms with Gasteiger partial charge in [0.2, 0.25) is 0 Å². The maximum absolute atomic E-state index is 12.9. The number of nitrogens with one attached hydrogen (secondary N) is 3. The summed E-state index contributed by atoms with van der Waals surface area (Å²) in [5.74, 6) is 0.125. The molecule has 6 nitrogen and oxygen atoms in total. The fourth-order valence-electron chi connectivity index (χ4n) is 2.40. The Morgan fingerprint density at radius 1 is 1.10 bits per heavy atom. The van der Waals surface area contributed by atoms with Crippen LogP contribution in [0.15, 0.2) is 47.6 Å².